The Bertz CT molecular complexity index is 1860. The smallest absolute Gasteiger partial charge is 0.354 e. The van der Waals surface area contributed by atoms with Crippen molar-refractivity contribution < 1.29 is 96.6 Å². The Labute approximate surface area is 370 Å². The second-order valence-corrected chi connectivity index (χ2v) is 20.1. The van der Waals surface area contributed by atoms with E-state index in [-0.39, 0.29) is 37.6 Å². The summed E-state index contributed by atoms with van der Waals surface area (Å²) in [6.45, 7) is 1.53. The summed E-state index contributed by atoms with van der Waals surface area (Å²) in [5, 5.41) is -0.0344. The molecule has 0 spiro atoms. The number of hydrogen-bond donors (Lipinski definition) is 0. The summed E-state index contributed by atoms with van der Waals surface area (Å²) in [4.78, 5) is 2.68. The van der Waals surface area contributed by atoms with Gasteiger partial charge in [-0.2, -0.15) is 92.2 Å². The molecular formula is C30H33F22N5S6. The predicted molar refractivity (Wildman–Crippen MR) is 197 cm³/mol. The maximum absolute atomic E-state index is 14.9. The molecule has 2 aliphatic rings. The van der Waals surface area contributed by atoms with Crippen LogP contribution in [0.5, 0.6) is 0 Å². The van der Waals surface area contributed by atoms with Crippen LogP contribution < -0.4 is 0 Å². The Kier molecular flexibility index (Phi) is 16.8. The zero-order valence-corrected chi connectivity index (χ0v) is 37.2. The molecule has 5 nitrogen and oxygen atoms in total. The quantitative estimate of drug-likeness (QED) is 0.0546. The van der Waals surface area contributed by atoms with E-state index in [0.717, 1.165) is 40.4 Å². The highest BCUT2D eigenvalue weighted by atomic mass is 32.3. The van der Waals surface area contributed by atoms with Gasteiger partial charge >= 0.3 is 59.5 Å². The maximum atomic E-state index is 14.9. The van der Waals surface area contributed by atoms with Crippen LogP contribution >= 0.6 is 71.6 Å². The highest BCUT2D eigenvalue weighted by molar-refractivity contribution is 8.30. The van der Waals surface area contributed by atoms with Gasteiger partial charge in [-0.1, -0.05) is 6.92 Å². The summed E-state index contributed by atoms with van der Waals surface area (Å²) in [7, 11) is 0. The lowest BCUT2D eigenvalue weighted by Gasteiger charge is -2.39. The van der Waals surface area contributed by atoms with Crippen molar-refractivity contribution in [3.8, 4) is 0 Å². The molecule has 368 valence electrons. The van der Waals surface area contributed by atoms with E-state index in [2.05, 4.69) is 0 Å². The van der Waals surface area contributed by atoms with Gasteiger partial charge in [0.1, 0.15) is 20.1 Å². The number of imidazole rings is 1. The molecule has 3 rings (SSSR count). The first kappa shape index (κ1) is 56.3. The molecule has 2 aliphatic heterocycles. The van der Waals surface area contributed by atoms with Crippen LogP contribution in [0.2, 0.25) is 0 Å². The van der Waals surface area contributed by atoms with Crippen LogP contribution in [0.15, 0.2) is 20.1 Å². The van der Waals surface area contributed by atoms with Crippen molar-refractivity contribution in [3.05, 3.63) is 14.8 Å². The first-order valence-corrected chi connectivity index (χ1v) is 22.2. The first-order chi connectivity index (χ1) is 28.2. The van der Waals surface area contributed by atoms with Crippen molar-refractivity contribution in [2.45, 2.75) is 136 Å². The molecule has 3 heterocycles. The molecule has 0 fully saturated rings. The van der Waals surface area contributed by atoms with Crippen molar-refractivity contribution >= 4 is 71.6 Å². The van der Waals surface area contributed by atoms with Gasteiger partial charge in [-0.25, -0.2) is 4.39 Å². The van der Waals surface area contributed by atoms with Crippen molar-refractivity contribution in [3.63, 3.8) is 0 Å². The Morgan fingerprint density at radius 3 is 1.51 bits per heavy atom. The van der Waals surface area contributed by atoms with Crippen LogP contribution in [0.4, 0.5) is 96.6 Å². The lowest BCUT2D eigenvalue weighted by molar-refractivity contribution is -0.440. The van der Waals surface area contributed by atoms with Crippen molar-refractivity contribution in [2.24, 2.45) is 0 Å². The lowest BCUT2D eigenvalue weighted by Crippen LogP contribution is -2.70. The van der Waals surface area contributed by atoms with E-state index in [1.807, 2.05) is 0 Å². The van der Waals surface area contributed by atoms with E-state index >= 15 is 0 Å². The van der Waals surface area contributed by atoms with Gasteiger partial charge in [0.25, 0.3) is 0 Å². The summed E-state index contributed by atoms with van der Waals surface area (Å²) in [6, 6.07) is -1.19. The number of hydrogen-bond acceptors (Lipinski definition) is 9. The second kappa shape index (κ2) is 18.8. The minimum atomic E-state index is -8.10. The average molecular weight is 1070 g/mol. The number of alkyl halides is 22. The molecule has 0 N–H and O–H groups in total. The molecule has 0 saturated carbocycles. The number of aromatic nitrogens is 2. The zero-order chi connectivity index (χ0) is 49.1. The van der Waals surface area contributed by atoms with Crippen molar-refractivity contribution in [1.82, 2.24) is 22.0 Å². The maximum Gasteiger partial charge on any atom is 0.460 e. The molecule has 0 unspecified atom stereocenters. The van der Waals surface area contributed by atoms with Gasteiger partial charge in [-0.3, -0.25) is 0 Å². The second-order valence-electron chi connectivity index (χ2n) is 14.0. The number of nitrogens with zero attached hydrogens (tertiary/aromatic N) is 5. The monoisotopic (exact) mass is 1070 g/mol. The molecule has 1 aromatic rings. The molecule has 0 amide bonds. The van der Waals surface area contributed by atoms with Crippen LogP contribution in [-0.2, 0) is 6.54 Å². The Balaban J connectivity index is 2.02. The van der Waals surface area contributed by atoms with Crippen LogP contribution in [0, 0.1) is 4.77 Å². The minimum Gasteiger partial charge on any atom is -0.354 e. The standard InChI is InChI=1S/C30H33F22N5S6/c1-6-60-17-19(56(15(4)5)20(58)54(17)10-8-22(34,35)25(40,41)27(44,45)28(46,47)29(48,49)30(50,51)52)63-57-61-16-18(62-57)55(14(2)3)13-59-12-53(16)9-7-21(32,33)24(38,39)26(42,43)23(36,37)11-31/h14-15H,6-13H2,1-5H3. The third kappa shape index (κ3) is 9.80. The largest absolute Gasteiger partial charge is 0.460 e. The first-order valence-electron chi connectivity index (χ1n) is 17.4. The van der Waals surface area contributed by atoms with Crippen LogP contribution in [-0.4, -0.2) is 118 Å². The topological polar surface area (TPSA) is 19.6 Å². The van der Waals surface area contributed by atoms with Gasteiger partial charge in [0.2, 0.25) is 0 Å². The van der Waals surface area contributed by atoms with E-state index in [1.165, 1.54) is 28.5 Å². The van der Waals surface area contributed by atoms with Crippen LogP contribution in [0.1, 0.15) is 53.5 Å². The van der Waals surface area contributed by atoms with Gasteiger partial charge in [0.05, 0.1) is 11.8 Å². The van der Waals surface area contributed by atoms with Gasteiger partial charge in [-0.05, 0) is 45.7 Å². The average Bonchev–Trinajstić information content (AvgIpc) is 3.60. The molecular weight excluding hydrogens is 1040 g/mol. The molecule has 0 saturated heterocycles. The van der Waals surface area contributed by atoms with Gasteiger partial charge in [-0.15, -0.1) is 26.6 Å². The van der Waals surface area contributed by atoms with Crippen LogP contribution in [0.3, 0.4) is 0 Å². The Morgan fingerprint density at radius 2 is 1.05 bits per heavy atom. The fourth-order valence-corrected chi connectivity index (χ4v) is 12.4. The molecule has 0 bridgehead atoms. The number of rotatable bonds is 20. The molecule has 33 heteroatoms. The summed E-state index contributed by atoms with van der Waals surface area (Å²) >= 11 is 9.27. The van der Waals surface area contributed by atoms with E-state index in [4.69, 9.17) is 12.2 Å². The molecule has 0 atom stereocenters. The third-order valence-corrected chi connectivity index (χ3v) is 15.2. The molecule has 0 radical (unpaired) electrons. The Hall–Kier alpha value is -1.06. The predicted octanol–water partition coefficient (Wildman–Crippen LogP) is 14.2. The summed E-state index contributed by atoms with van der Waals surface area (Å²) < 4.78 is 308. The molecule has 63 heavy (non-hydrogen) atoms. The third-order valence-electron chi connectivity index (χ3n) is 9.02. The van der Waals surface area contributed by atoms with Gasteiger partial charge in [0.15, 0.2) is 11.4 Å². The van der Waals surface area contributed by atoms with E-state index in [9.17, 15) is 96.6 Å². The zero-order valence-electron chi connectivity index (χ0n) is 32.3. The van der Waals surface area contributed by atoms with Gasteiger partial charge in [0, 0.05) is 73.9 Å². The Morgan fingerprint density at radius 1 is 0.587 bits per heavy atom. The van der Waals surface area contributed by atoms with E-state index in [1.54, 1.807) is 18.7 Å². The highest BCUT2D eigenvalue weighted by Gasteiger charge is 2.90. The van der Waals surface area contributed by atoms with Crippen molar-refractivity contribution in [1.29, 1.82) is 0 Å². The summed E-state index contributed by atoms with van der Waals surface area (Å²) in [6.07, 6.45) is -12.4. The van der Waals surface area contributed by atoms with Crippen molar-refractivity contribution in [2.75, 3.05) is 30.7 Å². The molecule has 0 aliphatic carbocycles. The van der Waals surface area contributed by atoms with Crippen LogP contribution in [0.25, 0.3) is 0 Å². The SMILES string of the molecule is CCSc1c(SN2SC3=C(S2)N(C(C)C)CSCN3CCC(F)(F)C(F)(F)C(F)(F)C(F)(F)CF)n(C(C)C)c(=S)n1CCC(F)(F)C(F)(F)C(F)(F)C(F)(F)C(F)(F)C(F)(F)F. The van der Waals surface area contributed by atoms with E-state index in [0.29, 0.717) is 28.5 Å². The summed E-state index contributed by atoms with van der Waals surface area (Å²) in [5.74, 6) is -63.8. The molecule has 1 aromatic heterocycles. The minimum absolute atomic E-state index is 0.000639. The van der Waals surface area contributed by atoms with Gasteiger partial charge < -0.3 is 18.9 Å². The van der Waals surface area contributed by atoms with E-state index < -0.39 is 109 Å². The number of thioether (sulfide) groups is 2. The normalized spacial score (nSPS) is 17.8. The summed E-state index contributed by atoms with van der Waals surface area (Å²) in [5.41, 5.74) is 0. The fraction of sp³-hybridized carbons (Fsp3) is 0.833. The molecule has 0 aromatic carbocycles. The fourth-order valence-electron chi connectivity index (χ4n) is 5.35. The lowest BCUT2D eigenvalue weighted by atomic mass is 9.92. The number of halogens is 22. The highest BCUT2D eigenvalue weighted by Crippen LogP contribution is 2.62.